The van der Waals surface area contributed by atoms with Gasteiger partial charge in [-0.25, -0.2) is 0 Å². The van der Waals surface area contributed by atoms with Gasteiger partial charge < -0.3 is 10.4 Å². The van der Waals surface area contributed by atoms with Crippen molar-refractivity contribution in [1.82, 2.24) is 0 Å². The van der Waals surface area contributed by atoms with E-state index in [0.717, 1.165) is 11.3 Å². The lowest BCUT2D eigenvalue weighted by atomic mass is 10.1. The molecule has 0 unspecified atom stereocenters. The number of para-hydroxylation sites is 1. The Balaban J connectivity index is 1.81. The highest BCUT2D eigenvalue weighted by Crippen LogP contribution is 2.28. The third-order valence-electron chi connectivity index (χ3n) is 3.30. The number of fused-ring (bicyclic) bond motifs is 1. The minimum absolute atomic E-state index is 0.141. The lowest BCUT2D eigenvalue weighted by Crippen LogP contribution is -1.99. The van der Waals surface area contributed by atoms with E-state index in [1.54, 1.807) is 6.07 Å². The van der Waals surface area contributed by atoms with Crippen LogP contribution in [-0.2, 0) is 6.54 Å². The highest BCUT2D eigenvalue weighted by Gasteiger charge is 2.04. The molecule has 0 aliphatic rings. The van der Waals surface area contributed by atoms with Gasteiger partial charge in [-0.05, 0) is 29.0 Å². The predicted molar refractivity (Wildman–Crippen MR) is 84.4 cm³/mol. The highest BCUT2D eigenvalue weighted by atomic mass is 35.5. The molecule has 0 heterocycles. The van der Waals surface area contributed by atoms with Crippen molar-refractivity contribution >= 4 is 28.1 Å². The van der Waals surface area contributed by atoms with Crippen LogP contribution in [0.5, 0.6) is 5.75 Å². The van der Waals surface area contributed by atoms with E-state index in [1.165, 1.54) is 10.8 Å². The Labute approximate surface area is 122 Å². The molecule has 2 N–H and O–H groups in total. The van der Waals surface area contributed by atoms with E-state index >= 15 is 0 Å². The van der Waals surface area contributed by atoms with Gasteiger partial charge in [0.15, 0.2) is 0 Å². The number of phenolic OH excluding ortho intramolecular Hbond substituents is 1. The minimum atomic E-state index is 0.141. The molecule has 0 fully saturated rings. The van der Waals surface area contributed by atoms with E-state index in [2.05, 4.69) is 29.6 Å². The fraction of sp³-hybridized carbons (Fsp3) is 0.0588. The van der Waals surface area contributed by atoms with E-state index in [4.69, 9.17) is 11.6 Å². The summed E-state index contributed by atoms with van der Waals surface area (Å²) in [4.78, 5) is 0. The molecule has 3 aromatic rings. The van der Waals surface area contributed by atoms with Crippen molar-refractivity contribution in [2.75, 3.05) is 5.32 Å². The number of halogens is 1. The molecule has 0 saturated carbocycles. The lowest BCUT2D eigenvalue weighted by molar-refractivity contribution is 0.469. The number of rotatable bonds is 3. The molecule has 0 aromatic heterocycles. The van der Waals surface area contributed by atoms with E-state index < -0.39 is 0 Å². The first-order valence-corrected chi connectivity index (χ1v) is 6.81. The molecule has 3 rings (SSSR count). The standard InChI is InChI=1S/C17H14ClNO/c18-16-7-3-6-14(17(16)20)11-19-15-9-8-12-4-1-2-5-13(12)10-15/h1-10,19-20H,11H2. The Morgan fingerprint density at radius 1 is 0.900 bits per heavy atom. The van der Waals surface area contributed by atoms with Gasteiger partial charge >= 0.3 is 0 Å². The predicted octanol–water partition coefficient (Wildman–Crippen LogP) is 4.81. The number of benzene rings is 3. The van der Waals surface area contributed by atoms with Gasteiger partial charge in [-0.15, -0.1) is 0 Å². The number of hydrogen-bond donors (Lipinski definition) is 2. The molecule has 0 aliphatic heterocycles. The molecule has 0 atom stereocenters. The van der Waals surface area contributed by atoms with Gasteiger partial charge in [0.1, 0.15) is 5.75 Å². The summed E-state index contributed by atoms with van der Waals surface area (Å²) in [6.07, 6.45) is 0. The van der Waals surface area contributed by atoms with Crippen molar-refractivity contribution in [1.29, 1.82) is 0 Å². The van der Waals surface area contributed by atoms with Gasteiger partial charge in [0.25, 0.3) is 0 Å². The number of nitrogens with one attached hydrogen (secondary N) is 1. The monoisotopic (exact) mass is 283 g/mol. The summed E-state index contributed by atoms with van der Waals surface area (Å²) in [6.45, 7) is 0.532. The second-order valence-electron chi connectivity index (χ2n) is 4.66. The van der Waals surface area contributed by atoms with Gasteiger partial charge in [-0.1, -0.05) is 54.1 Å². The largest absolute Gasteiger partial charge is 0.506 e. The second-order valence-corrected chi connectivity index (χ2v) is 5.07. The maximum atomic E-state index is 9.88. The van der Waals surface area contributed by atoms with Crippen LogP contribution in [0.4, 0.5) is 5.69 Å². The van der Waals surface area contributed by atoms with Crippen LogP contribution in [0.3, 0.4) is 0 Å². The average molecular weight is 284 g/mol. The summed E-state index contributed by atoms with van der Waals surface area (Å²) in [5, 5.41) is 16.0. The molecule has 0 radical (unpaired) electrons. The Bertz CT molecular complexity index is 755. The first-order chi connectivity index (χ1) is 9.74. The van der Waals surface area contributed by atoms with Crippen molar-refractivity contribution in [3.63, 3.8) is 0 Å². The van der Waals surface area contributed by atoms with E-state index in [9.17, 15) is 5.11 Å². The maximum Gasteiger partial charge on any atom is 0.139 e. The van der Waals surface area contributed by atoms with Gasteiger partial charge in [-0.2, -0.15) is 0 Å². The Morgan fingerprint density at radius 3 is 2.55 bits per heavy atom. The number of aromatic hydroxyl groups is 1. The quantitative estimate of drug-likeness (QED) is 0.723. The number of hydrogen-bond acceptors (Lipinski definition) is 2. The summed E-state index contributed by atoms with van der Waals surface area (Å²) >= 11 is 5.90. The van der Waals surface area contributed by atoms with Gasteiger partial charge in [0.2, 0.25) is 0 Å². The van der Waals surface area contributed by atoms with Gasteiger partial charge in [0.05, 0.1) is 5.02 Å². The molecule has 0 saturated heterocycles. The number of phenols is 1. The molecular weight excluding hydrogens is 270 g/mol. The molecule has 2 nitrogen and oxygen atoms in total. The molecule has 100 valence electrons. The first-order valence-electron chi connectivity index (χ1n) is 6.43. The fourth-order valence-corrected chi connectivity index (χ4v) is 2.39. The zero-order chi connectivity index (χ0) is 13.9. The van der Waals surface area contributed by atoms with Crippen LogP contribution in [0, 0.1) is 0 Å². The fourth-order valence-electron chi connectivity index (χ4n) is 2.20. The van der Waals surface area contributed by atoms with Crippen molar-refractivity contribution in [2.24, 2.45) is 0 Å². The summed E-state index contributed by atoms with van der Waals surface area (Å²) in [7, 11) is 0. The van der Waals surface area contributed by atoms with Gasteiger partial charge in [-0.3, -0.25) is 0 Å². The van der Waals surface area contributed by atoms with Gasteiger partial charge in [0, 0.05) is 17.8 Å². The molecule has 3 heteroatoms. The summed E-state index contributed by atoms with van der Waals surface area (Å²) in [5.41, 5.74) is 1.80. The van der Waals surface area contributed by atoms with Crippen LogP contribution in [0.1, 0.15) is 5.56 Å². The third kappa shape index (κ3) is 2.56. The van der Waals surface area contributed by atoms with Crippen LogP contribution < -0.4 is 5.32 Å². The first kappa shape index (κ1) is 12.8. The zero-order valence-electron chi connectivity index (χ0n) is 10.8. The summed E-state index contributed by atoms with van der Waals surface area (Å²) < 4.78 is 0. The summed E-state index contributed by atoms with van der Waals surface area (Å²) in [5.74, 6) is 0.141. The van der Waals surface area contributed by atoms with Crippen LogP contribution >= 0.6 is 11.6 Å². The second kappa shape index (κ2) is 5.43. The van der Waals surface area contributed by atoms with Crippen LogP contribution in [0.2, 0.25) is 5.02 Å². The van der Waals surface area contributed by atoms with Crippen molar-refractivity contribution in [3.8, 4) is 5.75 Å². The average Bonchev–Trinajstić information content (AvgIpc) is 2.48. The summed E-state index contributed by atoms with van der Waals surface area (Å²) in [6, 6.07) is 19.8. The molecule has 0 amide bonds. The Hall–Kier alpha value is -2.19. The minimum Gasteiger partial charge on any atom is -0.506 e. The number of anilines is 1. The molecule has 3 aromatic carbocycles. The molecule has 20 heavy (non-hydrogen) atoms. The Kier molecular flexibility index (Phi) is 3.48. The molecule has 0 bridgehead atoms. The lowest BCUT2D eigenvalue weighted by Gasteiger charge is -2.10. The van der Waals surface area contributed by atoms with E-state index in [0.29, 0.717) is 11.6 Å². The SMILES string of the molecule is Oc1c(Cl)cccc1CNc1ccc2ccccc2c1. The van der Waals surface area contributed by atoms with Crippen molar-refractivity contribution < 1.29 is 5.11 Å². The van der Waals surface area contributed by atoms with Crippen LogP contribution in [0.15, 0.2) is 60.7 Å². The van der Waals surface area contributed by atoms with E-state index in [1.807, 2.05) is 30.3 Å². The smallest absolute Gasteiger partial charge is 0.139 e. The van der Waals surface area contributed by atoms with Crippen LogP contribution in [0.25, 0.3) is 10.8 Å². The van der Waals surface area contributed by atoms with Crippen molar-refractivity contribution in [2.45, 2.75) is 6.54 Å². The topological polar surface area (TPSA) is 32.3 Å². The molecule has 0 aliphatic carbocycles. The Morgan fingerprint density at radius 2 is 1.70 bits per heavy atom. The third-order valence-corrected chi connectivity index (χ3v) is 3.61. The normalized spacial score (nSPS) is 10.7. The van der Waals surface area contributed by atoms with E-state index in [-0.39, 0.29) is 5.75 Å². The molecular formula is C17H14ClNO. The highest BCUT2D eigenvalue weighted by molar-refractivity contribution is 6.32. The van der Waals surface area contributed by atoms with Crippen molar-refractivity contribution in [3.05, 3.63) is 71.2 Å². The zero-order valence-corrected chi connectivity index (χ0v) is 11.6. The van der Waals surface area contributed by atoms with Crippen LogP contribution in [-0.4, -0.2) is 5.11 Å². The maximum absolute atomic E-state index is 9.88. The molecule has 0 spiro atoms.